The Balaban J connectivity index is 1.44. The summed E-state index contributed by atoms with van der Waals surface area (Å²) in [5.74, 6) is 0. The highest BCUT2D eigenvalue weighted by atomic mass is 14.9. The van der Waals surface area contributed by atoms with Crippen molar-refractivity contribution in [1.29, 1.82) is 0 Å². The van der Waals surface area contributed by atoms with Crippen LogP contribution in [0.5, 0.6) is 0 Å². The molecule has 0 bridgehead atoms. The molecule has 0 aliphatic rings. The summed E-state index contributed by atoms with van der Waals surface area (Å²) >= 11 is 0. The minimum atomic E-state index is 1.16. The third kappa shape index (κ3) is 5.50. The van der Waals surface area contributed by atoms with Crippen molar-refractivity contribution in [3.05, 3.63) is 109 Å². The minimum absolute atomic E-state index is 1.16. The van der Waals surface area contributed by atoms with Gasteiger partial charge in [-0.3, -0.25) is 0 Å². The molecule has 0 spiro atoms. The number of nitrogens with zero attached hydrogens (tertiary/aromatic N) is 2. The Hall–Kier alpha value is -3.26. The predicted octanol–water partition coefficient (Wildman–Crippen LogP) is 6.59. The van der Waals surface area contributed by atoms with Crippen LogP contribution in [0, 0.1) is 0 Å². The van der Waals surface area contributed by atoms with Gasteiger partial charge in [-0.1, -0.05) is 51.0 Å². The van der Waals surface area contributed by atoms with Crippen LogP contribution in [0.2, 0.25) is 0 Å². The molecule has 0 N–H and O–H groups in total. The fourth-order valence-corrected chi connectivity index (χ4v) is 4.01. The van der Waals surface area contributed by atoms with E-state index < -0.39 is 0 Å². The summed E-state index contributed by atoms with van der Waals surface area (Å²) < 4.78 is 4.35. The van der Waals surface area contributed by atoms with Crippen molar-refractivity contribution in [2.24, 2.45) is 0 Å². The number of pyridine rings is 2. The molecule has 2 aromatic carbocycles. The van der Waals surface area contributed by atoms with Crippen LogP contribution in [0.25, 0.3) is 22.5 Å². The summed E-state index contributed by atoms with van der Waals surface area (Å²) in [4.78, 5) is 0. The van der Waals surface area contributed by atoms with Gasteiger partial charge in [0.1, 0.15) is 0 Å². The molecule has 0 aliphatic heterocycles. The zero-order valence-corrected chi connectivity index (χ0v) is 19.4. The molecule has 0 unspecified atom stereocenters. The van der Waals surface area contributed by atoms with E-state index in [1.165, 1.54) is 59.3 Å². The van der Waals surface area contributed by atoms with Gasteiger partial charge >= 0.3 is 0 Å². The second-order valence-corrected chi connectivity index (χ2v) is 8.53. The summed E-state index contributed by atoms with van der Waals surface area (Å²) in [6.07, 6.45) is 15.9. The average molecular weight is 423 g/mol. The smallest absolute Gasteiger partial charge is 0.167 e. The fraction of sp³-hybridized carbons (Fsp3) is 0.267. The van der Waals surface area contributed by atoms with Crippen LogP contribution in [0.3, 0.4) is 0 Å². The molecule has 162 valence electrons. The lowest BCUT2D eigenvalue weighted by Crippen LogP contribution is -2.29. The van der Waals surface area contributed by atoms with Gasteiger partial charge < -0.3 is 0 Å². The van der Waals surface area contributed by atoms with E-state index >= 15 is 0 Å². The van der Waals surface area contributed by atoms with E-state index in [0.29, 0.717) is 0 Å². The van der Waals surface area contributed by atoms with Crippen molar-refractivity contribution in [2.45, 2.75) is 52.4 Å². The maximum Gasteiger partial charge on any atom is 0.210 e. The maximum absolute atomic E-state index is 2.25. The summed E-state index contributed by atoms with van der Waals surface area (Å²) in [6.45, 7) is 4.48. The summed E-state index contributed by atoms with van der Waals surface area (Å²) in [7, 11) is 0. The molecule has 0 aliphatic carbocycles. The first-order valence-corrected chi connectivity index (χ1v) is 12.0. The Bertz CT molecular complexity index is 1000. The number of unbranched alkanes of at least 4 members (excludes halogenated alkanes) is 2. The normalized spacial score (nSPS) is 10.9. The lowest BCUT2D eigenvalue weighted by molar-refractivity contribution is -0.596. The molecule has 2 nitrogen and oxygen atoms in total. The van der Waals surface area contributed by atoms with E-state index in [4.69, 9.17) is 0 Å². The number of rotatable bonds is 9. The number of benzene rings is 2. The second-order valence-electron chi connectivity index (χ2n) is 8.53. The first-order valence-electron chi connectivity index (χ1n) is 12.0. The van der Waals surface area contributed by atoms with Gasteiger partial charge in [-0.05, 0) is 47.9 Å². The van der Waals surface area contributed by atoms with E-state index in [-0.39, 0.29) is 0 Å². The highest BCUT2D eigenvalue weighted by Gasteiger charge is 2.10. The molecule has 0 saturated heterocycles. The third-order valence-electron chi connectivity index (χ3n) is 6.10. The van der Waals surface area contributed by atoms with E-state index in [2.05, 4.69) is 121 Å². The quantitative estimate of drug-likeness (QED) is 0.269. The van der Waals surface area contributed by atoms with Crippen LogP contribution in [-0.2, 0) is 12.8 Å². The monoisotopic (exact) mass is 422 g/mol. The molecule has 4 rings (SSSR count). The molecule has 2 heterocycles. The lowest BCUT2D eigenvalue weighted by Gasteiger charge is -2.03. The molecule has 4 aromatic rings. The van der Waals surface area contributed by atoms with Crippen molar-refractivity contribution >= 4 is 0 Å². The topological polar surface area (TPSA) is 7.76 Å². The van der Waals surface area contributed by atoms with Crippen LogP contribution >= 0.6 is 0 Å². The van der Waals surface area contributed by atoms with E-state index in [0.717, 1.165) is 12.8 Å². The van der Waals surface area contributed by atoms with Crippen LogP contribution in [0.4, 0.5) is 0 Å². The highest BCUT2D eigenvalue weighted by Crippen LogP contribution is 2.17. The van der Waals surface area contributed by atoms with Crippen LogP contribution in [0.1, 0.15) is 50.7 Å². The van der Waals surface area contributed by atoms with Crippen molar-refractivity contribution in [2.75, 3.05) is 0 Å². The van der Waals surface area contributed by atoms with Gasteiger partial charge in [0.05, 0.1) is 0 Å². The van der Waals surface area contributed by atoms with E-state index in [9.17, 15) is 0 Å². The summed E-state index contributed by atoms with van der Waals surface area (Å²) in [6, 6.07) is 26.6. The number of aryl methyl sites for hydroxylation is 2. The SMILES string of the molecule is CCCCc1ccc(-[n+]2ccc(-c3cc[n+](-c4ccc(CCCC)cc4)cc3)cc2)cc1. The van der Waals surface area contributed by atoms with Gasteiger partial charge in [0.2, 0.25) is 11.4 Å². The molecular formula is C30H34N2+2. The molecular weight excluding hydrogens is 388 g/mol. The van der Waals surface area contributed by atoms with Gasteiger partial charge in [-0.15, -0.1) is 0 Å². The molecule has 0 atom stereocenters. The lowest BCUT2D eigenvalue weighted by atomic mass is 10.1. The fourth-order valence-electron chi connectivity index (χ4n) is 4.01. The van der Waals surface area contributed by atoms with E-state index in [1.54, 1.807) is 0 Å². The standard InChI is InChI=1S/C30H34N2/c1-3-5-7-25-9-13-29(14-10-25)31-21-17-27(18-22-31)28-19-23-32(24-20-28)30-15-11-26(12-16-30)8-6-4-2/h9-24H,3-8H2,1-2H3/q+2. The van der Waals surface area contributed by atoms with Gasteiger partial charge in [-0.2, -0.15) is 9.13 Å². The first-order chi connectivity index (χ1) is 15.8. The predicted molar refractivity (Wildman–Crippen MR) is 132 cm³/mol. The molecule has 0 fully saturated rings. The van der Waals surface area contributed by atoms with E-state index in [1.807, 2.05) is 0 Å². The van der Waals surface area contributed by atoms with Gasteiger partial charge in [-0.25, -0.2) is 0 Å². The van der Waals surface area contributed by atoms with Crippen molar-refractivity contribution in [3.63, 3.8) is 0 Å². The van der Waals surface area contributed by atoms with Gasteiger partial charge in [0.25, 0.3) is 0 Å². The van der Waals surface area contributed by atoms with Crippen molar-refractivity contribution in [1.82, 2.24) is 0 Å². The molecule has 2 aromatic heterocycles. The van der Waals surface area contributed by atoms with Crippen LogP contribution < -0.4 is 9.13 Å². The zero-order chi connectivity index (χ0) is 22.2. The molecule has 0 saturated carbocycles. The minimum Gasteiger partial charge on any atom is -0.167 e. The van der Waals surface area contributed by atoms with Gasteiger partial charge in [0.15, 0.2) is 24.8 Å². The highest BCUT2D eigenvalue weighted by molar-refractivity contribution is 5.61. The largest absolute Gasteiger partial charge is 0.210 e. The summed E-state index contributed by atoms with van der Waals surface area (Å²) in [5, 5.41) is 0. The maximum atomic E-state index is 2.25. The second kappa shape index (κ2) is 10.9. The zero-order valence-electron chi connectivity index (χ0n) is 19.4. The number of aromatic nitrogens is 2. The van der Waals surface area contributed by atoms with Crippen molar-refractivity contribution < 1.29 is 9.13 Å². The van der Waals surface area contributed by atoms with Crippen LogP contribution in [-0.4, -0.2) is 0 Å². The van der Waals surface area contributed by atoms with Crippen molar-refractivity contribution in [3.8, 4) is 22.5 Å². The Morgan fingerprint density at radius 2 is 0.812 bits per heavy atom. The van der Waals surface area contributed by atoms with Gasteiger partial charge in [0, 0.05) is 48.5 Å². The Kier molecular flexibility index (Phi) is 7.45. The Morgan fingerprint density at radius 1 is 0.469 bits per heavy atom. The van der Waals surface area contributed by atoms with Crippen LogP contribution in [0.15, 0.2) is 97.6 Å². The Morgan fingerprint density at radius 3 is 1.12 bits per heavy atom. The molecule has 2 heteroatoms. The third-order valence-corrected chi connectivity index (χ3v) is 6.10. The first kappa shape index (κ1) is 22.0. The molecule has 32 heavy (non-hydrogen) atoms. The number of hydrogen-bond donors (Lipinski definition) is 0. The molecule has 0 radical (unpaired) electrons. The Labute approximate surface area is 192 Å². The summed E-state index contributed by atoms with van der Waals surface area (Å²) in [5.41, 5.74) is 7.68. The molecule has 0 amide bonds. The number of hydrogen-bond acceptors (Lipinski definition) is 0. The average Bonchev–Trinajstić information content (AvgIpc) is 2.87.